The molecule has 7 nitrogen and oxygen atoms in total. The van der Waals surface area contributed by atoms with Gasteiger partial charge in [-0.25, -0.2) is 9.59 Å². The van der Waals surface area contributed by atoms with Crippen molar-refractivity contribution in [1.82, 2.24) is 0 Å². The van der Waals surface area contributed by atoms with Gasteiger partial charge in [0.05, 0.1) is 5.56 Å². The Morgan fingerprint density at radius 3 is 1.71 bits per heavy atom. The van der Waals surface area contributed by atoms with Gasteiger partial charge in [-0.15, -0.1) is 0 Å². The summed E-state index contributed by atoms with van der Waals surface area (Å²) in [4.78, 5) is 67.2. The molecule has 2 aromatic carbocycles. The van der Waals surface area contributed by atoms with Gasteiger partial charge in [0.1, 0.15) is 0 Å². The van der Waals surface area contributed by atoms with E-state index in [0.29, 0.717) is 0 Å². The van der Waals surface area contributed by atoms with E-state index in [-0.39, 0.29) is 11.1 Å². The molecule has 7 heteroatoms. The summed E-state index contributed by atoms with van der Waals surface area (Å²) < 4.78 is 11.1. The summed E-state index contributed by atoms with van der Waals surface area (Å²) in [7, 11) is 0. The molecule has 0 spiro atoms. The van der Waals surface area contributed by atoms with Gasteiger partial charge >= 0.3 is 11.9 Å². The van der Waals surface area contributed by atoms with E-state index in [0.717, 1.165) is 0 Å². The fourth-order valence-corrected chi connectivity index (χ4v) is 3.86. The molecule has 0 unspecified atom stereocenters. The Balaban J connectivity index is 2.33. The molecule has 0 aromatic heterocycles. The maximum absolute atomic E-state index is 13.9. The molecule has 1 fully saturated rings. The first-order chi connectivity index (χ1) is 15.7. The molecule has 2 aromatic rings. The number of cyclic esters (lactones) is 1. The zero-order chi connectivity index (χ0) is 25.5. The van der Waals surface area contributed by atoms with Crippen LogP contribution >= 0.6 is 0 Å². The van der Waals surface area contributed by atoms with E-state index >= 15 is 0 Å². The monoisotopic (exact) mass is 464 g/mol. The molecule has 34 heavy (non-hydrogen) atoms. The number of rotatable bonds is 6. The standard InChI is InChI=1S/C27H28O7/c1-24(2,3)19(28)20(29)27(22(31)25(4,5)6)26(23(32)34-27,18-15-11-8-12-16-18)33-21(30)17-13-9-7-10-14-17/h7-16H,1-6H3/t26-,27-/m1/s1. The first-order valence-corrected chi connectivity index (χ1v) is 10.9. The number of hydrogen-bond donors (Lipinski definition) is 0. The van der Waals surface area contributed by atoms with Gasteiger partial charge in [-0.1, -0.05) is 90.1 Å². The summed E-state index contributed by atoms with van der Waals surface area (Å²) in [5.41, 5.74) is -7.39. The highest BCUT2D eigenvalue weighted by Crippen LogP contribution is 2.54. The van der Waals surface area contributed by atoms with E-state index in [4.69, 9.17) is 9.47 Å². The normalized spacial score (nSPS) is 22.2. The van der Waals surface area contributed by atoms with Crippen molar-refractivity contribution >= 4 is 29.3 Å². The summed E-state index contributed by atoms with van der Waals surface area (Å²) in [6, 6.07) is 15.6. The topological polar surface area (TPSA) is 104 Å². The van der Waals surface area contributed by atoms with Gasteiger partial charge in [-0.3, -0.25) is 14.4 Å². The van der Waals surface area contributed by atoms with Crippen LogP contribution in [0, 0.1) is 10.8 Å². The van der Waals surface area contributed by atoms with Gasteiger partial charge in [0.2, 0.25) is 5.78 Å². The molecule has 1 aliphatic heterocycles. The van der Waals surface area contributed by atoms with Crippen molar-refractivity contribution in [1.29, 1.82) is 0 Å². The minimum Gasteiger partial charge on any atom is -0.433 e. The van der Waals surface area contributed by atoms with Crippen LogP contribution in [0.1, 0.15) is 57.5 Å². The lowest BCUT2D eigenvalue weighted by molar-refractivity contribution is -0.260. The molecule has 0 aliphatic carbocycles. The van der Waals surface area contributed by atoms with Crippen LogP contribution in [-0.2, 0) is 34.3 Å². The van der Waals surface area contributed by atoms with Crippen molar-refractivity contribution in [3.05, 3.63) is 71.8 Å². The number of carbonyl (C=O) groups is 5. The Labute approximate surface area is 198 Å². The third-order valence-electron chi connectivity index (χ3n) is 5.67. The van der Waals surface area contributed by atoms with Crippen LogP contribution < -0.4 is 0 Å². The molecule has 0 saturated carbocycles. The van der Waals surface area contributed by atoms with Crippen LogP contribution in [0.15, 0.2) is 60.7 Å². The average Bonchev–Trinajstić information content (AvgIpc) is 2.79. The third kappa shape index (κ3) is 3.75. The highest BCUT2D eigenvalue weighted by molar-refractivity contribution is 6.49. The Morgan fingerprint density at radius 1 is 0.765 bits per heavy atom. The molecule has 0 amide bonds. The zero-order valence-electron chi connectivity index (χ0n) is 20.1. The van der Waals surface area contributed by atoms with Crippen LogP contribution in [0.2, 0.25) is 0 Å². The molecule has 1 heterocycles. The fourth-order valence-electron chi connectivity index (χ4n) is 3.86. The second kappa shape index (κ2) is 8.31. The van der Waals surface area contributed by atoms with Crippen LogP contribution in [0.25, 0.3) is 0 Å². The smallest absolute Gasteiger partial charge is 0.362 e. The fraction of sp³-hybridized carbons (Fsp3) is 0.370. The molecule has 1 saturated heterocycles. The highest BCUT2D eigenvalue weighted by atomic mass is 16.7. The Morgan fingerprint density at radius 2 is 1.26 bits per heavy atom. The maximum Gasteiger partial charge on any atom is 0.362 e. The summed E-state index contributed by atoms with van der Waals surface area (Å²) in [5, 5.41) is 0. The molecule has 0 N–H and O–H groups in total. The minimum absolute atomic E-state index is 0.0585. The summed E-state index contributed by atoms with van der Waals surface area (Å²) in [6.07, 6.45) is 0. The predicted molar refractivity (Wildman–Crippen MR) is 123 cm³/mol. The first-order valence-electron chi connectivity index (χ1n) is 10.9. The van der Waals surface area contributed by atoms with Crippen molar-refractivity contribution in [3.63, 3.8) is 0 Å². The SMILES string of the molecule is CC(C)(C)C(=O)C(=O)[C@]1(C(=O)C(C)(C)C)OC(=O)[C@]1(OC(=O)c1ccccc1)c1ccccc1. The quantitative estimate of drug-likeness (QED) is 0.363. The number of carbonyl (C=O) groups excluding carboxylic acids is 5. The highest BCUT2D eigenvalue weighted by Gasteiger charge is 2.82. The van der Waals surface area contributed by atoms with E-state index < -0.39 is 51.3 Å². The number of ether oxygens (including phenoxy) is 2. The van der Waals surface area contributed by atoms with Gasteiger partial charge in [0.15, 0.2) is 5.78 Å². The van der Waals surface area contributed by atoms with E-state index in [1.807, 2.05) is 0 Å². The first kappa shape index (κ1) is 25.0. The van der Waals surface area contributed by atoms with Crippen LogP contribution in [0.4, 0.5) is 0 Å². The van der Waals surface area contributed by atoms with Crippen molar-refractivity contribution in [2.24, 2.45) is 10.8 Å². The van der Waals surface area contributed by atoms with Crippen LogP contribution in [0.5, 0.6) is 0 Å². The second-order valence-electron chi connectivity index (χ2n) is 10.4. The van der Waals surface area contributed by atoms with Gasteiger partial charge < -0.3 is 9.47 Å². The Hall–Kier alpha value is -3.61. The third-order valence-corrected chi connectivity index (χ3v) is 5.67. The van der Waals surface area contributed by atoms with Crippen molar-refractivity contribution in [2.45, 2.75) is 52.7 Å². The Kier molecular flexibility index (Phi) is 6.12. The van der Waals surface area contributed by atoms with E-state index in [1.165, 1.54) is 65.8 Å². The maximum atomic E-state index is 13.9. The lowest BCUT2D eigenvalue weighted by Gasteiger charge is -2.54. The van der Waals surface area contributed by atoms with E-state index in [1.54, 1.807) is 36.4 Å². The predicted octanol–water partition coefficient (Wildman–Crippen LogP) is 3.83. The van der Waals surface area contributed by atoms with Crippen LogP contribution in [-0.4, -0.2) is 34.9 Å². The summed E-state index contributed by atoms with van der Waals surface area (Å²) in [6.45, 7) is 9.15. The average molecular weight is 465 g/mol. The minimum atomic E-state index is -2.67. The van der Waals surface area contributed by atoms with E-state index in [9.17, 15) is 24.0 Å². The number of hydrogen-bond acceptors (Lipinski definition) is 7. The number of benzene rings is 2. The molecule has 0 bridgehead atoms. The lowest BCUT2D eigenvalue weighted by atomic mass is 9.60. The summed E-state index contributed by atoms with van der Waals surface area (Å²) in [5.74, 6) is -5.04. The molecule has 1 aliphatic rings. The van der Waals surface area contributed by atoms with Gasteiger partial charge in [-0.2, -0.15) is 0 Å². The second-order valence-corrected chi connectivity index (χ2v) is 10.4. The van der Waals surface area contributed by atoms with Crippen molar-refractivity contribution in [2.75, 3.05) is 0 Å². The van der Waals surface area contributed by atoms with Gasteiger partial charge in [0.25, 0.3) is 17.0 Å². The molecular formula is C27H28O7. The summed E-state index contributed by atoms with van der Waals surface area (Å²) >= 11 is 0. The van der Waals surface area contributed by atoms with Gasteiger partial charge in [-0.05, 0) is 12.1 Å². The number of Topliss-reactive ketones (excluding diaryl/α,β-unsaturated/α-hetero) is 3. The van der Waals surface area contributed by atoms with E-state index in [2.05, 4.69) is 0 Å². The number of esters is 2. The molecule has 3 rings (SSSR count). The lowest BCUT2D eigenvalue weighted by Crippen LogP contribution is -2.80. The molecule has 178 valence electrons. The zero-order valence-corrected chi connectivity index (χ0v) is 20.1. The molecule has 0 radical (unpaired) electrons. The van der Waals surface area contributed by atoms with Crippen molar-refractivity contribution in [3.8, 4) is 0 Å². The number of ketones is 3. The Bertz CT molecular complexity index is 1150. The largest absolute Gasteiger partial charge is 0.433 e. The van der Waals surface area contributed by atoms with Crippen LogP contribution in [0.3, 0.4) is 0 Å². The molecule has 2 atom stereocenters. The van der Waals surface area contributed by atoms with Crippen molar-refractivity contribution < 1.29 is 33.4 Å². The van der Waals surface area contributed by atoms with Gasteiger partial charge in [0, 0.05) is 16.4 Å². The molecular weight excluding hydrogens is 436 g/mol.